The Hall–Kier alpha value is -1.50. The van der Waals surface area contributed by atoms with Gasteiger partial charge in [0.1, 0.15) is 12.4 Å². The average molecular weight is 308 g/mol. The van der Waals surface area contributed by atoms with Crippen molar-refractivity contribution in [1.29, 1.82) is 0 Å². The molecule has 0 aliphatic carbocycles. The molecule has 2 amide bonds. The van der Waals surface area contributed by atoms with E-state index in [0.29, 0.717) is 17.5 Å². The quantitative estimate of drug-likeness (QED) is 0.810. The van der Waals surface area contributed by atoms with Crippen molar-refractivity contribution in [3.8, 4) is 0 Å². The molecular weight excluding hydrogens is 288 g/mol. The first-order chi connectivity index (χ1) is 10.1. The van der Waals surface area contributed by atoms with Gasteiger partial charge in [0.15, 0.2) is 0 Å². The topological polar surface area (TPSA) is 58.4 Å². The maximum atomic E-state index is 12.2. The maximum absolute atomic E-state index is 12.2. The number of carbonyl (C=O) groups excluding carboxylic acids is 2. The highest BCUT2D eigenvalue weighted by atomic mass is 32.2. The van der Waals surface area contributed by atoms with Gasteiger partial charge in [-0.1, -0.05) is 0 Å². The number of likely N-dealkylation sites (N-methyl/N-ethyl adjacent to an activating group) is 1. The third-order valence-corrected chi connectivity index (χ3v) is 5.11. The van der Waals surface area contributed by atoms with Gasteiger partial charge in [0.25, 0.3) is 0 Å². The van der Waals surface area contributed by atoms with Crippen molar-refractivity contribution in [2.45, 2.75) is 19.4 Å². The summed E-state index contributed by atoms with van der Waals surface area (Å²) in [5, 5.41) is 0. The number of fused-ring (bicyclic) bond motifs is 1. The molecule has 0 bridgehead atoms. The highest BCUT2D eigenvalue weighted by Gasteiger charge is 2.26. The Kier molecular flexibility index (Phi) is 4.19. The fraction of sp³-hybridized carbons (Fsp3) is 0.643. The second-order valence-corrected chi connectivity index (χ2v) is 6.69. The number of thioether (sulfide) groups is 1. The number of hydrogen-bond acceptors (Lipinski definition) is 4. The van der Waals surface area contributed by atoms with Gasteiger partial charge in [-0.05, 0) is 12.3 Å². The van der Waals surface area contributed by atoms with E-state index < -0.39 is 0 Å². The maximum Gasteiger partial charge on any atom is 0.241 e. The highest BCUT2D eigenvalue weighted by molar-refractivity contribution is 8.00. The van der Waals surface area contributed by atoms with Crippen LogP contribution in [0.3, 0.4) is 0 Å². The van der Waals surface area contributed by atoms with Crippen LogP contribution in [0, 0.1) is 5.92 Å². The van der Waals surface area contributed by atoms with Crippen molar-refractivity contribution in [3.63, 3.8) is 0 Å². The number of aryl methyl sites for hydroxylation is 1. The smallest absolute Gasteiger partial charge is 0.241 e. The average Bonchev–Trinajstić information content (AvgIpc) is 3.07. The summed E-state index contributed by atoms with van der Waals surface area (Å²) in [6, 6.07) is 0. The summed E-state index contributed by atoms with van der Waals surface area (Å²) in [5.74, 6) is 2.80. The normalized spacial score (nSPS) is 21.5. The second-order valence-electron chi connectivity index (χ2n) is 5.74. The summed E-state index contributed by atoms with van der Waals surface area (Å²) in [4.78, 5) is 31.5. The van der Waals surface area contributed by atoms with Crippen LogP contribution < -0.4 is 0 Å². The van der Waals surface area contributed by atoms with E-state index in [1.54, 1.807) is 21.6 Å². The lowest BCUT2D eigenvalue weighted by Gasteiger charge is -2.28. The first kappa shape index (κ1) is 14.4. The van der Waals surface area contributed by atoms with Gasteiger partial charge in [0.2, 0.25) is 11.8 Å². The molecule has 3 rings (SSSR count). The summed E-state index contributed by atoms with van der Waals surface area (Å²) < 4.78 is 2.18. The van der Waals surface area contributed by atoms with E-state index in [0.717, 1.165) is 31.8 Å². The van der Waals surface area contributed by atoms with Gasteiger partial charge in [0.05, 0.1) is 11.6 Å². The van der Waals surface area contributed by atoms with Crippen LogP contribution in [-0.2, 0) is 22.6 Å². The van der Waals surface area contributed by atoms with Crippen molar-refractivity contribution in [2.75, 3.05) is 31.8 Å². The molecule has 1 saturated heterocycles. The number of imidazole rings is 1. The number of amides is 2. The fourth-order valence-corrected chi connectivity index (χ4v) is 3.79. The van der Waals surface area contributed by atoms with E-state index in [1.807, 2.05) is 19.4 Å². The van der Waals surface area contributed by atoms with Gasteiger partial charge < -0.3 is 14.4 Å². The largest absolute Gasteiger partial charge is 0.344 e. The molecule has 2 aliphatic heterocycles. The number of carbonyl (C=O) groups is 2. The Morgan fingerprint density at radius 2 is 2.43 bits per heavy atom. The molecule has 1 fully saturated rings. The molecule has 0 radical (unpaired) electrons. The van der Waals surface area contributed by atoms with Crippen LogP contribution in [0.2, 0.25) is 0 Å². The Balaban J connectivity index is 1.51. The van der Waals surface area contributed by atoms with E-state index in [4.69, 9.17) is 0 Å². The van der Waals surface area contributed by atoms with Crippen LogP contribution in [0.1, 0.15) is 12.2 Å². The van der Waals surface area contributed by atoms with Gasteiger partial charge >= 0.3 is 0 Å². The second kappa shape index (κ2) is 6.09. The molecule has 21 heavy (non-hydrogen) atoms. The Bertz CT molecular complexity index is 545. The van der Waals surface area contributed by atoms with Crippen LogP contribution in [0.5, 0.6) is 0 Å². The summed E-state index contributed by atoms with van der Waals surface area (Å²) in [6.45, 7) is 1.92. The summed E-state index contributed by atoms with van der Waals surface area (Å²) in [5.41, 5.74) is 0. The van der Waals surface area contributed by atoms with E-state index >= 15 is 0 Å². The van der Waals surface area contributed by atoms with Crippen LogP contribution in [-0.4, -0.2) is 62.9 Å². The predicted octanol–water partition coefficient (Wildman–Crippen LogP) is 0.437. The molecule has 3 heterocycles. The molecular formula is C14H20N4O2S. The lowest BCUT2D eigenvalue weighted by atomic mass is 9.97. The zero-order valence-corrected chi connectivity index (χ0v) is 13.0. The Morgan fingerprint density at radius 3 is 3.19 bits per heavy atom. The van der Waals surface area contributed by atoms with Gasteiger partial charge in [-0.3, -0.25) is 9.59 Å². The van der Waals surface area contributed by atoms with Gasteiger partial charge in [-0.25, -0.2) is 4.98 Å². The van der Waals surface area contributed by atoms with Crippen molar-refractivity contribution >= 4 is 23.6 Å². The van der Waals surface area contributed by atoms with Gasteiger partial charge in [-0.2, -0.15) is 0 Å². The third-order valence-electron chi connectivity index (χ3n) is 4.16. The molecule has 1 aromatic heterocycles. The van der Waals surface area contributed by atoms with Crippen molar-refractivity contribution in [2.24, 2.45) is 5.92 Å². The van der Waals surface area contributed by atoms with Crippen LogP contribution >= 0.6 is 11.8 Å². The molecule has 6 nitrogen and oxygen atoms in total. The molecule has 2 aliphatic rings. The zero-order valence-electron chi connectivity index (χ0n) is 12.2. The molecule has 1 aromatic rings. The van der Waals surface area contributed by atoms with Crippen LogP contribution in [0.15, 0.2) is 12.4 Å². The SMILES string of the molecule is CN(C[C@H]1CCn2ccnc2C1)C(=O)CN1CSCC1=O. The summed E-state index contributed by atoms with van der Waals surface area (Å²) in [6.07, 6.45) is 5.84. The van der Waals surface area contributed by atoms with Crippen molar-refractivity contribution in [3.05, 3.63) is 18.2 Å². The van der Waals surface area contributed by atoms with Gasteiger partial charge in [0, 0.05) is 39.0 Å². The van der Waals surface area contributed by atoms with E-state index in [-0.39, 0.29) is 18.4 Å². The van der Waals surface area contributed by atoms with Crippen LogP contribution in [0.25, 0.3) is 0 Å². The minimum atomic E-state index is 0.0276. The highest BCUT2D eigenvalue weighted by Crippen LogP contribution is 2.20. The van der Waals surface area contributed by atoms with Crippen LogP contribution in [0.4, 0.5) is 0 Å². The lowest BCUT2D eigenvalue weighted by Crippen LogP contribution is -2.42. The molecule has 0 saturated carbocycles. The molecule has 0 spiro atoms. The van der Waals surface area contributed by atoms with E-state index in [2.05, 4.69) is 9.55 Å². The fourth-order valence-electron chi connectivity index (χ4n) is 2.88. The van der Waals surface area contributed by atoms with Crippen molar-refractivity contribution < 1.29 is 9.59 Å². The first-order valence-electron chi connectivity index (χ1n) is 7.23. The third kappa shape index (κ3) is 3.23. The summed E-state index contributed by atoms with van der Waals surface area (Å²) >= 11 is 1.57. The number of aromatic nitrogens is 2. The summed E-state index contributed by atoms with van der Waals surface area (Å²) in [7, 11) is 1.83. The molecule has 114 valence electrons. The van der Waals surface area contributed by atoms with Crippen molar-refractivity contribution in [1.82, 2.24) is 19.4 Å². The van der Waals surface area contributed by atoms with E-state index in [9.17, 15) is 9.59 Å². The number of hydrogen-bond donors (Lipinski definition) is 0. The minimum Gasteiger partial charge on any atom is -0.344 e. The monoisotopic (exact) mass is 308 g/mol. The lowest BCUT2D eigenvalue weighted by molar-refractivity contribution is -0.137. The predicted molar refractivity (Wildman–Crippen MR) is 80.7 cm³/mol. The molecule has 0 aromatic carbocycles. The molecule has 0 unspecified atom stereocenters. The molecule has 0 N–H and O–H groups in total. The first-order valence-corrected chi connectivity index (χ1v) is 8.38. The zero-order chi connectivity index (χ0) is 14.8. The molecule has 1 atom stereocenters. The Morgan fingerprint density at radius 1 is 1.57 bits per heavy atom. The number of rotatable bonds is 4. The Labute approximate surface area is 128 Å². The minimum absolute atomic E-state index is 0.0276. The molecule has 7 heteroatoms. The number of nitrogens with zero attached hydrogens (tertiary/aromatic N) is 4. The van der Waals surface area contributed by atoms with Gasteiger partial charge in [-0.15, -0.1) is 11.8 Å². The van der Waals surface area contributed by atoms with E-state index in [1.165, 1.54) is 0 Å². The standard InChI is InChI=1S/C14H20N4O2S/c1-16(13(19)8-18-10-21-9-14(18)20)7-11-2-4-17-5-3-15-12(17)6-11/h3,5,11H,2,4,6-10H2,1H3/t11-/m0/s1.